The summed E-state index contributed by atoms with van der Waals surface area (Å²) in [6.07, 6.45) is 20.7. The van der Waals surface area contributed by atoms with Crippen molar-refractivity contribution < 1.29 is 14.3 Å². The Kier molecular flexibility index (Phi) is 16.7. The summed E-state index contributed by atoms with van der Waals surface area (Å²) < 4.78 is 10.5. The highest BCUT2D eigenvalue weighted by molar-refractivity contribution is 7.58. The van der Waals surface area contributed by atoms with Crippen LogP contribution in [0.25, 0.3) is 0 Å². The molecule has 0 amide bonds. The van der Waals surface area contributed by atoms with Crippen molar-refractivity contribution in [3.8, 4) is 0 Å². The monoisotopic (exact) mass is 330 g/mol. The molecule has 1 N–H and O–H groups in total. The number of carbonyl (C=O) groups excluding carboxylic acids is 1. The van der Waals surface area contributed by atoms with Crippen LogP contribution in [0, 0.1) is 0 Å². The zero-order chi connectivity index (χ0) is 16.5. The van der Waals surface area contributed by atoms with Crippen molar-refractivity contribution in [2.24, 2.45) is 0 Å². The van der Waals surface area contributed by atoms with Gasteiger partial charge in [-0.15, -0.1) is 0 Å². The van der Waals surface area contributed by atoms with E-state index in [2.05, 4.69) is 19.1 Å². The SMILES string of the molecule is CCCCCCCC/C=C\CCCCCCCC(=O)[PH](=O)O. The first-order valence-electron chi connectivity index (χ1n) is 9.09. The molecule has 0 spiro atoms. The minimum atomic E-state index is -2.93. The van der Waals surface area contributed by atoms with Crippen molar-refractivity contribution >= 4 is 13.6 Å². The van der Waals surface area contributed by atoms with Crippen molar-refractivity contribution in [2.45, 2.75) is 96.8 Å². The lowest BCUT2D eigenvalue weighted by molar-refractivity contribution is -0.112. The second-order valence-corrected chi connectivity index (χ2v) is 7.23. The van der Waals surface area contributed by atoms with Crippen molar-refractivity contribution in [2.75, 3.05) is 0 Å². The summed E-state index contributed by atoms with van der Waals surface area (Å²) in [5, 5.41) is 0. The summed E-state index contributed by atoms with van der Waals surface area (Å²) in [6, 6.07) is 0. The Morgan fingerprint density at radius 3 is 1.77 bits per heavy atom. The van der Waals surface area contributed by atoms with Crippen LogP contribution in [0.3, 0.4) is 0 Å². The van der Waals surface area contributed by atoms with Crippen LogP contribution in [0.15, 0.2) is 12.2 Å². The number of rotatable bonds is 16. The van der Waals surface area contributed by atoms with Crippen LogP contribution in [-0.2, 0) is 9.36 Å². The lowest BCUT2D eigenvalue weighted by atomic mass is 10.1. The van der Waals surface area contributed by atoms with Crippen molar-refractivity contribution in [1.82, 2.24) is 0 Å². The van der Waals surface area contributed by atoms with Crippen LogP contribution in [0.5, 0.6) is 0 Å². The maximum Gasteiger partial charge on any atom is 0.252 e. The molecule has 0 fully saturated rings. The zero-order valence-electron chi connectivity index (χ0n) is 14.3. The summed E-state index contributed by atoms with van der Waals surface area (Å²) in [7, 11) is -2.93. The average molecular weight is 330 g/mol. The van der Waals surface area contributed by atoms with Crippen molar-refractivity contribution in [1.29, 1.82) is 0 Å². The number of unbranched alkanes of at least 4 members (excludes halogenated alkanes) is 11. The molecule has 0 aromatic carbocycles. The first-order chi connectivity index (χ1) is 10.7. The molecule has 4 heteroatoms. The molecule has 22 heavy (non-hydrogen) atoms. The van der Waals surface area contributed by atoms with E-state index in [0.717, 1.165) is 25.7 Å². The number of carbonyl (C=O) groups is 1. The third-order valence-electron chi connectivity index (χ3n) is 3.90. The minimum Gasteiger partial charge on any atom is -0.341 e. The summed E-state index contributed by atoms with van der Waals surface area (Å²) >= 11 is 0. The van der Waals surface area contributed by atoms with Gasteiger partial charge >= 0.3 is 0 Å². The topological polar surface area (TPSA) is 54.4 Å². The summed E-state index contributed by atoms with van der Waals surface area (Å²) in [5.74, 6) is 0. The van der Waals surface area contributed by atoms with Gasteiger partial charge in [0.1, 0.15) is 0 Å². The van der Waals surface area contributed by atoms with E-state index in [9.17, 15) is 9.36 Å². The molecule has 0 rings (SSSR count). The Hall–Kier alpha value is -0.400. The molecule has 0 radical (unpaired) electrons. The van der Waals surface area contributed by atoms with Gasteiger partial charge < -0.3 is 4.89 Å². The van der Waals surface area contributed by atoms with Crippen LogP contribution >= 0.6 is 8.03 Å². The Bertz CT molecular complexity index is 313. The molecule has 0 aromatic heterocycles. The maximum absolute atomic E-state index is 11.0. The van der Waals surface area contributed by atoms with Gasteiger partial charge in [-0.3, -0.25) is 9.36 Å². The van der Waals surface area contributed by atoms with E-state index in [1.165, 1.54) is 57.8 Å². The summed E-state index contributed by atoms with van der Waals surface area (Å²) in [5.41, 5.74) is -0.470. The summed E-state index contributed by atoms with van der Waals surface area (Å²) in [6.45, 7) is 2.25. The lowest BCUT2D eigenvalue weighted by Gasteiger charge is -1.99. The molecule has 1 unspecified atom stereocenters. The fraction of sp³-hybridized carbons (Fsp3) is 0.833. The van der Waals surface area contributed by atoms with Crippen LogP contribution in [0.2, 0.25) is 0 Å². The van der Waals surface area contributed by atoms with Gasteiger partial charge in [-0.05, 0) is 32.1 Å². The van der Waals surface area contributed by atoms with Crippen LogP contribution < -0.4 is 0 Å². The third kappa shape index (κ3) is 16.0. The normalized spacial score (nSPS) is 12.8. The molecule has 130 valence electrons. The molecule has 3 nitrogen and oxygen atoms in total. The predicted octanol–water partition coefficient (Wildman–Crippen LogP) is 6.02. The fourth-order valence-corrected chi connectivity index (χ4v) is 2.85. The number of hydrogen-bond donors (Lipinski definition) is 1. The van der Waals surface area contributed by atoms with E-state index in [1.54, 1.807) is 0 Å². The first kappa shape index (κ1) is 21.6. The standard InChI is InChI=1S/C18H35O3P/c1-2-3-4-5-6-7-8-9-10-11-12-13-14-15-16-17-18(19)22(20)21/h9-10,22H,2-8,11-17H2,1H3,(H,20,21)/b10-9-. The highest BCUT2D eigenvalue weighted by Crippen LogP contribution is 2.19. The molecule has 0 saturated carbocycles. The van der Waals surface area contributed by atoms with Gasteiger partial charge in [0.05, 0.1) is 0 Å². The van der Waals surface area contributed by atoms with E-state index < -0.39 is 13.6 Å². The summed E-state index contributed by atoms with van der Waals surface area (Å²) in [4.78, 5) is 19.6. The van der Waals surface area contributed by atoms with Crippen molar-refractivity contribution in [3.05, 3.63) is 12.2 Å². The largest absolute Gasteiger partial charge is 0.341 e. The molecule has 1 atom stereocenters. The Balaban J connectivity index is 3.17. The van der Waals surface area contributed by atoms with Crippen molar-refractivity contribution in [3.63, 3.8) is 0 Å². The van der Waals surface area contributed by atoms with Crippen LogP contribution in [0.1, 0.15) is 96.8 Å². The lowest BCUT2D eigenvalue weighted by Crippen LogP contribution is -1.90. The number of allylic oxidation sites excluding steroid dienone is 2. The van der Waals surface area contributed by atoms with Gasteiger partial charge in [0.2, 0.25) is 5.52 Å². The molecule has 0 aliphatic rings. The molecule has 0 aromatic rings. The van der Waals surface area contributed by atoms with E-state index in [4.69, 9.17) is 4.89 Å². The Morgan fingerprint density at radius 2 is 1.27 bits per heavy atom. The minimum absolute atomic E-state index is 0.270. The van der Waals surface area contributed by atoms with Gasteiger partial charge in [0.15, 0.2) is 0 Å². The third-order valence-corrected chi connectivity index (χ3v) is 4.63. The quantitative estimate of drug-likeness (QED) is 0.214. The van der Waals surface area contributed by atoms with Gasteiger partial charge in [0.25, 0.3) is 8.03 Å². The fourth-order valence-electron chi connectivity index (χ4n) is 2.46. The Morgan fingerprint density at radius 1 is 0.818 bits per heavy atom. The Labute approximate surface area is 137 Å². The maximum atomic E-state index is 11.0. The highest BCUT2D eigenvalue weighted by Gasteiger charge is 2.06. The van der Waals surface area contributed by atoms with Gasteiger partial charge in [-0.25, -0.2) is 0 Å². The average Bonchev–Trinajstić information content (AvgIpc) is 2.50. The van der Waals surface area contributed by atoms with E-state index in [1.807, 2.05) is 0 Å². The van der Waals surface area contributed by atoms with Gasteiger partial charge in [0, 0.05) is 6.42 Å². The zero-order valence-corrected chi connectivity index (χ0v) is 15.3. The second-order valence-electron chi connectivity index (χ2n) is 6.06. The predicted molar refractivity (Wildman–Crippen MR) is 95.7 cm³/mol. The molecule has 0 aliphatic heterocycles. The number of hydrogen-bond acceptors (Lipinski definition) is 2. The van der Waals surface area contributed by atoms with Crippen LogP contribution in [0.4, 0.5) is 0 Å². The van der Waals surface area contributed by atoms with Crippen LogP contribution in [-0.4, -0.2) is 10.4 Å². The molecule has 0 heterocycles. The molecule has 0 bridgehead atoms. The van der Waals surface area contributed by atoms with E-state index >= 15 is 0 Å². The molecular weight excluding hydrogens is 295 g/mol. The molecule has 0 saturated heterocycles. The molecule has 0 aliphatic carbocycles. The smallest absolute Gasteiger partial charge is 0.252 e. The first-order valence-corrected chi connectivity index (χ1v) is 10.4. The highest BCUT2D eigenvalue weighted by atomic mass is 31.1. The van der Waals surface area contributed by atoms with E-state index in [-0.39, 0.29) is 6.42 Å². The molecular formula is C18H35O3P. The van der Waals surface area contributed by atoms with Gasteiger partial charge in [-0.2, -0.15) is 0 Å². The van der Waals surface area contributed by atoms with Gasteiger partial charge in [-0.1, -0.05) is 70.4 Å². The second kappa shape index (κ2) is 17.0. The van der Waals surface area contributed by atoms with E-state index in [0.29, 0.717) is 0 Å².